The first-order valence-corrected chi connectivity index (χ1v) is 9.63. The number of non-ortho nitro benzene ring substituents is 1. The number of nitrogens with zero attached hydrogens (tertiary/aromatic N) is 4. The summed E-state index contributed by atoms with van der Waals surface area (Å²) in [5.41, 5.74) is 0.238. The molecule has 2 aromatic carbocycles. The number of carbonyl (C=O) groups is 4. The maximum atomic E-state index is 12.7. The molecular formula is C21H18N4O6. The lowest BCUT2D eigenvalue weighted by Gasteiger charge is -2.35. The number of amides is 4. The molecule has 31 heavy (non-hydrogen) atoms. The zero-order chi connectivity index (χ0) is 22.1. The lowest BCUT2D eigenvalue weighted by atomic mass is 10.1. The fourth-order valence-corrected chi connectivity index (χ4v) is 3.69. The topological polar surface area (TPSA) is 121 Å². The molecule has 1 fully saturated rings. The van der Waals surface area contributed by atoms with Crippen LogP contribution in [-0.2, 0) is 4.79 Å². The first-order chi connectivity index (χ1) is 14.9. The number of piperazine rings is 1. The molecule has 0 saturated carbocycles. The van der Waals surface area contributed by atoms with Gasteiger partial charge >= 0.3 is 0 Å². The van der Waals surface area contributed by atoms with Crippen LogP contribution in [0.15, 0.2) is 48.5 Å². The Bertz CT molecular complexity index is 1090. The van der Waals surface area contributed by atoms with E-state index in [2.05, 4.69) is 0 Å². The van der Waals surface area contributed by atoms with Crippen molar-refractivity contribution in [2.45, 2.75) is 0 Å². The van der Waals surface area contributed by atoms with E-state index in [4.69, 9.17) is 0 Å². The monoisotopic (exact) mass is 422 g/mol. The summed E-state index contributed by atoms with van der Waals surface area (Å²) in [6.07, 6.45) is 0. The van der Waals surface area contributed by atoms with Gasteiger partial charge in [-0.25, -0.2) is 0 Å². The van der Waals surface area contributed by atoms with E-state index in [1.54, 1.807) is 29.2 Å². The second-order valence-electron chi connectivity index (χ2n) is 7.22. The summed E-state index contributed by atoms with van der Waals surface area (Å²) in [4.78, 5) is 64.5. The van der Waals surface area contributed by atoms with Crippen LogP contribution < -0.4 is 0 Å². The predicted molar refractivity (Wildman–Crippen MR) is 107 cm³/mol. The van der Waals surface area contributed by atoms with Crippen LogP contribution in [0.4, 0.5) is 5.69 Å². The highest BCUT2D eigenvalue weighted by Crippen LogP contribution is 2.26. The summed E-state index contributed by atoms with van der Waals surface area (Å²) in [5, 5.41) is 10.9. The van der Waals surface area contributed by atoms with Crippen molar-refractivity contribution in [2.24, 2.45) is 0 Å². The van der Waals surface area contributed by atoms with E-state index >= 15 is 0 Å². The van der Waals surface area contributed by atoms with Gasteiger partial charge in [-0.2, -0.15) is 0 Å². The van der Waals surface area contributed by atoms with E-state index in [0.29, 0.717) is 18.7 Å². The molecule has 0 atom stereocenters. The summed E-state index contributed by atoms with van der Waals surface area (Å²) in [5.74, 6) is -1.92. The van der Waals surface area contributed by atoms with Crippen LogP contribution in [0, 0.1) is 10.1 Å². The molecule has 10 nitrogen and oxygen atoms in total. The van der Waals surface area contributed by atoms with Crippen LogP contribution in [-0.4, -0.2) is 76.0 Å². The van der Waals surface area contributed by atoms with Crippen molar-refractivity contribution in [3.63, 3.8) is 0 Å². The third-order valence-corrected chi connectivity index (χ3v) is 5.40. The third kappa shape index (κ3) is 3.75. The number of fused-ring (bicyclic) bond motifs is 1. The van der Waals surface area contributed by atoms with E-state index in [1.807, 2.05) is 6.07 Å². The molecule has 4 amide bonds. The Morgan fingerprint density at radius 3 is 2.13 bits per heavy atom. The molecule has 2 aliphatic rings. The van der Waals surface area contributed by atoms with Gasteiger partial charge in [0.25, 0.3) is 23.4 Å². The highest BCUT2D eigenvalue weighted by atomic mass is 16.6. The number of nitro benzene ring substituents is 1. The van der Waals surface area contributed by atoms with Gasteiger partial charge in [-0.05, 0) is 18.2 Å². The van der Waals surface area contributed by atoms with Gasteiger partial charge in [-0.1, -0.05) is 18.2 Å². The van der Waals surface area contributed by atoms with Crippen molar-refractivity contribution in [1.82, 2.24) is 14.7 Å². The van der Waals surface area contributed by atoms with Gasteiger partial charge in [0, 0.05) is 43.9 Å². The number of imide groups is 1. The Hall–Kier alpha value is -4.08. The molecule has 0 aromatic heterocycles. The molecule has 0 spiro atoms. The molecule has 0 aliphatic carbocycles. The van der Waals surface area contributed by atoms with Crippen LogP contribution in [0.2, 0.25) is 0 Å². The molecule has 10 heteroatoms. The first kappa shape index (κ1) is 20.2. The molecule has 0 bridgehead atoms. The molecule has 0 N–H and O–H groups in total. The van der Waals surface area contributed by atoms with Gasteiger partial charge in [0.1, 0.15) is 6.54 Å². The quantitative estimate of drug-likeness (QED) is 0.414. The fourth-order valence-electron chi connectivity index (χ4n) is 3.69. The summed E-state index contributed by atoms with van der Waals surface area (Å²) < 4.78 is 0. The van der Waals surface area contributed by atoms with Gasteiger partial charge in [0.2, 0.25) is 5.91 Å². The Morgan fingerprint density at radius 2 is 1.48 bits per heavy atom. The Kier molecular flexibility index (Phi) is 5.20. The fraction of sp³-hybridized carbons (Fsp3) is 0.238. The minimum absolute atomic E-state index is 0.0432. The molecular weight excluding hydrogens is 404 g/mol. The van der Waals surface area contributed by atoms with Gasteiger partial charge in [0.15, 0.2) is 0 Å². The predicted octanol–water partition coefficient (Wildman–Crippen LogP) is 1.18. The van der Waals surface area contributed by atoms with Gasteiger partial charge < -0.3 is 9.80 Å². The van der Waals surface area contributed by atoms with Crippen molar-refractivity contribution < 1.29 is 24.1 Å². The number of nitro groups is 1. The second kappa shape index (κ2) is 7.98. The first-order valence-electron chi connectivity index (χ1n) is 9.63. The van der Waals surface area contributed by atoms with Gasteiger partial charge in [0.05, 0.1) is 16.1 Å². The zero-order valence-electron chi connectivity index (χ0n) is 16.4. The van der Waals surface area contributed by atoms with E-state index in [9.17, 15) is 29.3 Å². The maximum absolute atomic E-state index is 12.7. The Labute approximate surface area is 176 Å². The second-order valence-corrected chi connectivity index (χ2v) is 7.22. The van der Waals surface area contributed by atoms with Gasteiger partial charge in [-0.15, -0.1) is 0 Å². The van der Waals surface area contributed by atoms with E-state index in [-0.39, 0.29) is 35.8 Å². The largest absolute Gasteiger partial charge is 0.338 e. The highest BCUT2D eigenvalue weighted by Gasteiger charge is 2.39. The van der Waals surface area contributed by atoms with E-state index in [1.165, 1.54) is 11.0 Å². The van der Waals surface area contributed by atoms with Crippen molar-refractivity contribution in [3.05, 3.63) is 75.3 Å². The molecule has 1 saturated heterocycles. The summed E-state index contributed by atoms with van der Waals surface area (Å²) in [6, 6.07) is 12.3. The highest BCUT2D eigenvalue weighted by molar-refractivity contribution is 6.22. The van der Waals surface area contributed by atoms with Crippen LogP contribution in [0.5, 0.6) is 0 Å². The van der Waals surface area contributed by atoms with Crippen LogP contribution in [0.25, 0.3) is 0 Å². The zero-order valence-corrected chi connectivity index (χ0v) is 16.4. The number of hydrogen-bond acceptors (Lipinski definition) is 6. The van der Waals surface area contributed by atoms with Crippen LogP contribution >= 0.6 is 0 Å². The minimum Gasteiger partial charge on any atom is -0.338 e. The summed E-state index contributed by atoms with van der Waals surface area (Å²) in [7, 11) is 0. The Morgan fingerprint density at radius 1 is 0.871 bits per heavy atom. The molecule has 0 unspecified atom stereocenters. The number of carbonyl (C=O) groups excluding carboxylic acids is 4. The lowest BCUT2D eigenvalue weighted by Crippen LogP contribution is -2.53. The van der Waals surface area contributed by atoms with E-state index < -0.39 is 29.2 Å². The third-order valence-electron chi connectivity index (χ3n) is 5.40. The SMILES string of the molecule is O=C(CN1C(=O)c2ccc([N+](=O)[O-])cc2C1=O)N1CCN(C(=O)c2ccccc2)CC1. The standard InChI is InChI=1S/C21H18N4O6/c26-18(22-8-10-23(11-9-22)19(27)14-4-2-1-3-5-14)13-24-20(28)16-7-6-15(25(30)31)12-17(16)21(24)29/h1-7,12H,8-11,13H2. The van der Waals surface area contributed by atoms with Crippen LogP contribution in [0.1, 0.15) is 31.1 Å². The summed E-state index contributed by atoms with van der Waals surface area (Å²) in [6.45, 7) is 0.798. The number of rotatable bonds is 4. The molecule has 158 valence electrons. The molecule has 2 aromatic rings. The average Bonchev–Trinajstić information content (AvgIpc) is 3.03. The number of benzene rings is 2. The van der Waals surface area contributed by atoms with E-state index in [0.717, 1.165) is 17.0 Å². The normalized spacial score (nSPS) is 15.8. The van der Waals surface area contributed by atoms with Crippen molar-refractivity contribution >= 4 is 29.3 Å². The smallest absolute Gasteiger partial charge is 0.270 e. The molecule has 2 heterocycles. The van der Waals surface area contributed by atoms with Gasteiger partial charge in [-0.3, -0.25) is 34.2 Å². The van der Waals surface area contributed by atoms with Crippen molar-refractivity contribution in [2.75, 3.05) is 32.7 Å². The maximum Gasteiger partial charge on any atom is 0.270 e. The summed E-state index contributed by atoms with van der Waals surface area (Å²) >= 11 is 0. The van der Waals surface area contributed by atoms with Crippen molar-refractivity contribution in [1.29, 1.82) is 0 Å². The van der Waals surface area contributed by atoms with Crippen molar-refractivity contribution in [3.8, 4) is 0 Å². The molecule has 0 radical (unpaired) electrons. The Balaban J connectivity index is 1.38. The number of hydrogen-bond donors (Lipinski definition) is 0. The lowest BCUT2D eigenvalue weighted by molar-refractivity contribution is -0.384. The minimum atomic E-state index is -0.727. The molecule has 4 rings (SSSR count). The van der Waals surface area contributed by atoms with Crippen LogP contribution in [0.3, 0.4) is 0 Å². The molecule has 2 aliphatic heterocycles. The average molecular weight is 422 g/mol.